The molecule has 0 aliphatic heterocycles. The summed E-state index contributed by atoms with van der Waals surface area (Å²) in [6, 6.07) is 1.48. The van der Waals surface area contributed by atoms with Gasteiger partial charge in [0.25, 0.3) is 0 Å². The second-order valence-electron chi connectivity index (χ2n) is 2.00. The van der Waals surface area contributed by atoms with Crippen LogP contribution in [0.2, 0.25) is 0 Å². The smallest absolute Gasteiger partial charge is 0.335 e. The summed E-state index contributed by atoms with van der Waals surface area (Å²) < 4.78 is 0. The molecule has 1 aromatic rings. The first-order valence-electron chi connectivity index (χ1n) is 2.85. The molecule has 0 amide bonds. The Morgan fingerprint density at radius 1 is 1.70 bits per heavy atom. The molecule has 0 fully saturated rings. The van der Waals surface area contributed by atoms with E-state index in [1.165, 1.54) is 18.5 Å². The van der Waals surface area contributed by atoms with Crippen molar-refractivity contribution >= 4 is 19.3 Å². The molecule has 1 aromatic heterocycles. The Morgan fingerprint density at radius 2 is 2.40 bits per heavy atom. The van der Waals surface area contributed by atoms with Crippen molar-refractivity contribution in [3.8, 4) is 0 Å². The minimum Gasteiger partial charge on any atom is -0.478 e. The van der Waals surface area contributed by atoms with Crippen LogP contribution in [0.5, 0.6) is 0 Å². The van der Waals surface area contributed by atoms with Gasteiger partial charge in [-0.25, -0.2) is 4.79 Å². The summed E-state index contributed by atoms with van der Waals surface area (Å²) >= 11 is 0. The number of carboxylic acids is 1. The van der Waals surface area contributed by atoms with Crippen molar-refractivity contribution < 1.29 is 9.90 Å². The number of rotatable bonds is 1. The predicted octanol–water partition coefficient (Wildman–Crippen LogP) is -0.962. The van der Waals surface area contributed by atoms with Gasteiger partial charge in [0.05, 0.1) is 5.56 Å². The van der Waals surface area contributed by atoms with E-state index in [9.17, 15) is 4.79 Å². The van der Waals surface area contributed by atoms with E-state index < -0.39 is 5.97 Å². The normalized spacial score (nSPS) is 9.20. The zero-order valence-electron chi connectivity index (χ0n) is 5.53. The average molecular weight is 135 g/mol. The van der Waals surface area contributed by atoms with Crippen LogP contribution >= 0.6 is 0 Å². The third-order valence-electron chi connectivity index (χ3n) is 1.25. The molecule has 0 aliphatic carbocycles. The summed E-state index contributed by atoms with van der Waals surface area (Å²) in [5.41, 5.74) is 1.00. The first-order valence-corrected chi connectivity index (χ1v) is 2.85. The van der Waals surface area contributed by atoms with Crippen molar-refractivity contribution in [2.24, 2.45) is 0 Å². The first kappa shape index (κ1) is 6.80. The Bertz CT molecular complexity index is 262. The summed E-state index contributed by atoms with van der Waals surface area (Å²) in [7, 11) is 1.72. The number of hydrogen-bond acceptors (Lipinski definition) is 2. The van der Waals surface area contributed by atoms with Crippen LogP contribution in [0, 0.1) is 0 Å². The van der Waals surface area contributed by atoms with Gasteiger partial charge in [-0.15, -0.1) is 0 Å². The van der Waals surface area contributed by atoms with Gasteiger partial charge in [-0.05, 0) is 6.07 Å². The molecule has 50 valence electrons. The van der Waals surface area contributed by atoms with E-state index in [0.717, 1.165) is 0 Å². The highest BCUT2D eigenvalue weighted by atomic mass is 16.4. The maximum Gasteiger partial charge on any atom is 0.335 e. The fraction of sp³-hybridized carbons (Fsp3) is 0. The lowest BCUT2D eigenvalue weighted by atomic mass is 9.93. The molecule has 1 heterocycles. The monoisotopic (exact) mass is 135 g/mol. The molecule has 4 heteroatoms. The van der Waals surface area contributed by atoms with E-state index in [4.69, 9.17) is 5.11 Å². The van der Waals surface area contributed by atoms with Gasteiger partial charge in [-0.3, -0.25) is 4.98 Å². The number of pyridine rings is 1. The number of carboxylic acid groups (broad SMARTS) is 1. The topological polar surface area (TPSA) is 50.2 Å². The van der Waals surface area contributed by atoms with Gasteiger partial charge in [-0.1, -0.05) is 5.46 Å². The second kappa shape index (κ2) is 2.52. The summed E-state index contributed by atoms with van der Waals surface area (Å²) in [6.45, 7) is 0. The molecule has 1 rings (SSSR count). The molecule has 0 saturated heterocycles. The highest BCUT2D eigenvalue weighted by Gasteiger charge is 2.03. The maximum atomic E-state index is 10.4. The van der Waals surface area contributed by atoms with Crippen LogP contribution in [-0.4, -0.2) is 23.9 Å². The lowest BCUT2D eigenvalue weighted by molar-refractivity contribution is 0.0698. The van der Waals surface area contributed by atoms with Gasteiger partial charge in [0.15, 0.2) is 0 Å². The van der Waals surface area contributed by atoms with Crippen molar-refractivity contribution in [2.75, 3.05) is 0 Å². The summed E-state index contributed by atoms with van der Waals surface area (Å²) in [4.78, 5) is 14.2. The van der Waals surface area contributed by atoms with Crippen LogP contribution in [0.4, 0.5) is 0 Å². The number of hydrogen-bond donors (Lipinski definition) is 1. The Hall–Kier alpha value is -1.32. The molecule has 3 nitrogen and oxygen atoms in total. The number of nitrogens with zero attached hydrogens (tertiary/aromatic N) is 1. The highest BCUT2D eigenvalue weighted by Crippen LogP contribution is 1.90. The summed E-state index contributed by atoms with van der Waals surface area (Å²) in [5, 5.41) is 8.54. The van der Waals surface area contributed by atoms with Crippen LogP contribution in [0.15, 0.2) is 18.5 Å². The molecule has 10 heavy (non-hydrogen) atoms. The van der Waals surface area contributed by atoms with E-state index >= 15 is 0 Å². The van der Waals surface area contributed by atoms with E-state index in [-0.39, 0.29) is 0 Å². The minimum atomic E-state index is -0.903. The molecule has 0 saturated carbocycles. The van der Waals surface area contributed by atoms with Crippen LogP contribution < -0.4 is 5.46 Å². The van der Waals surface area contributed by atoms with Crippen molar-refractivity contribution in [1.29, 1.82) is 0 Å². The molecular weight excluding hydrogens is 129 g/mol. The molecule has 0 atom stereocenters. The SMILES string of the molecule is Bc1cnccc1C(=O)O. The Kier molecular flexibility index (Phi) is 1.71. The van der Waals surface area contributed by atoms with Gasteiger partial charge >= 0.3 is 5.97 Å². The third kappa shape index (κ3) is 1.15. The largest absolute Gasteiger partial charge is 0.478 e. The molecule has 0 unspecified atom stereocenters. The highest BCUT2D eigenvalue weighted by molar-refractivity contribution is 6.35. The number of aromatic carboxylic acids is 1. The van der Waals surface area contributed by atoms with Crippen molar-refractivity contribution in [2.45, 2.75) is 0 Å². The van der Waals surface area contributed by atoms with E-state index in [1.807, 2.05) is 0 Å². The van der Waals surface area contributed by atoms with Gasteiger partial charge in [0, 0.05) is 12.4 Å². The minimum absolute atomic E-state index is 0.315. The number of aromatic nitrogens is 1. The van der Waals surface area contributed by atoms with Crippen molar-refractivity contribution in [1.82, 2.24) is 4.98 Å². The fourth-order valence-electron chi connectivity index (χ4n) is 0.713. The number of carbonyl (C=O) groups is 1. The first-order chi connectivity index (χ1) is 4.72. The molecular formula is C6H6BNO2. The molecule has 0 aromatic carbocycles. The van der Waals surface area contributed by atoms with Crippen molar-refractivity contribution in [3.05, 3.63) is 24.0 Å². The van der Waals surface area contributed by atoms with Gasteiger partial charge < -0.3 is 5.11 Å². The Balaban J connectivity index is 3.15. The molecule has 0 radical (unpaired) electrons. The maximum absolute atomic E-state index is 10.4. The summed E-state index contributed by atoms with van der Waals surface area (Å²) in [5.74, 6) is -0.903. The average Bonchev–Trinajstić information content (AvgIpc) is 1.88. The van der Waals surface area contributed by atoms with Gasteiger partial charge in [0.2, 0.25) is 0 Å². The van der Waals surface area contributed by atoms with Gasteiger partial charge in [0.1, 0.15) is 7.85 Å². The Labute approximate surface area is 59.1 Å². The quantitative estimate of drug-likeness (QED) is 0.504. The molecule has 1 N–H and O–H groups in total. The molecule has 0 spiro atoms. The van der Waals surface area contributed by atoms with Crippen LogP contribution in [0.3, 0.4) is 0 Å². The summed E-state index contributed by atoms with van der Waals surface area (Å²) in [6.07, 6.45) is 3.00. The molecule has 0 bridgehead atoms. The lowest BCUT2D eigenvalue weighted by Crippen LogP contribution is -2.15. The van der Waals surface area contributed by atoms with Crippen molar-refractivity contribution in [3.63, 3.8) is 0 Å². The van der Waals surface area contributed by atoms with Crippen LogP contribution in [0.1, 0.15) is 10.4 Å². The Morgan fingerprint density at radius 3 is 2.80 bits per heavy atom. The standard InChI is InChI=1S/C6H6BNO2/c7-5-3-8-2-1-4(5)6(9)10/h1-3H,7H2,(H,9,10). The second-order valence-corrected chi connectivity index (χ2v) is 2.00. The van der Waals surface area contributed by atoms with E-state index in [1.54, 1.807) is 7.85 Å². The zero-order valence-corrected chi connectivity index (χ0v) is 5.53. The predicted molar refractivity (Wildman–Crippen MR) is 39.4 cm³/mol. The van der Waals surface area contributed by atoms with Gasteiger partial charge in [-0.2, -0.15) is 0 Å². The third-order valence-corrected chi connectivity index (χ3v) is 1.25. The van der Waals surface area contributed by atoms with Crippen LogP contribution in [-0.2, 0) is 0 Å². The van der Waals surface area contributed by atoms with Crippen LogP contribution in [0.25, 0.3) is 0 Å². The lowest BCUT2D eigenvalue weighted by Gasteiger charge is -1.95. The van der Waals surface area contributed by atoms with E-state index in [0.29, 0.717) is 11.0 Å². The molecule has 0 aliphatic rings. The zero-order chi connectivity index (χ0) is 7.56. The van der Waals surface area contributed by atoms with E-state index in [2.05, 4.69) is 4.98 Å². The fourth-order valence-corrected chi connectivity index (χ4v) is 0.713.